The van der Waals surface area contributed by atoms with Crippen LogP contribution >= 0.6 is 11.3 Å². The molecule has 0 amide bonds. The summed E-state index contributed by atoms with van der Waals surface area (Å²) in [4.78, 5) is 24.0. The Hall–Kier alpha value is -2.03. The zero-order chi connectivity index (χ0) is 19.4. The topological polar surface area (TPSA) is 80.8 Å². The molecule has 0 N–H and O–H groups in total. The number of thiophene rings is 1. The molecule has 3 rings (SSSR count). The van der Waals surface area contributed by atoms with E-state index in [1.54, 1.807) is 48.7 Å². The zero-order valence-corrected chi connectivity index (χ0v) is 16.6. The summed E-state index contributed by atoms with van der Waals surface area (Å²) >= 11 is 1.19. The van der Waals surface area contributed by atoms with Crippen molar-refractivity contribution >= 4 is 33.1 Å². The van der Waals surface area contributed by atoms with Gasteiger partial charge in [-0.1, -0.05) is 13.0 Å². The number of hydrogen-bond acceptors (Lipinski definition) is 6. The van der Waals surface area contributed by atoms with Crippen molar-refractivity contribution in [3.63, 3.8) is 0 Å². The smallest absolute Gasteiger partial charge is 0.314 e. The van der Waals surface area contributed by atoms with Crippen LogP contribution in [0.4, 0.5) is 0 Å². The van der Waals surface area contributed by atoms with Crippen LogP contribution in [-0.4, -0.2) is 37.6 Å². The number of carbonyl (C=O) groups is 2. The average molecular weight is 408 g/mol. The van der Waals surface area contributed by atoms with E-state index in [2.05, 4.69) is 0 Å². The van der Waals surface area contributed by atoms with E-state index in [0.717, 1.165) is 0 Å². The van der Waals surface area contributed by atoms with Gasteiger partial charge in [-0.25, -0.2) is 8.42 Å². The van der Waals surface area contributed by atoms with Gasteiger partial charge in [0.15, 0.2) is 5.78 Å². The lowest BCUT2D eigenvalue weighted by Crippen LogP contribution is -2.40. The molecule has 6 nitrogen and oxygen atoms in total. The number of carbonyl (C=O) groups excluding carboxylic acids is 2. The molecule has 2 heterocycles. The molecule has 0 atom stereocenters. The quantitative estimate of drug-likeness (QED) is 0.417. The molecular weight excluding hydrogens is 386 g/mol. The van der Waals surface area contributed by atoms with Gasteiger partial charge in [0.1, 0.15) is 9.96 Å². The van der Waals surface area contributed by atoms with Crippen molar-refractivity contribution in [1.82, 2.24) is 4.31 Å². The fourth-order valence-corrected chi connectivity index (χ4v) is 5.60. The van der Waals surface area contributed by atoms with Crippen LogP contribution in [0.5, 0.6) is 5.75 Å². The molecule has 1 aromatic heterocycles. The van der Waals surface area contributed by atoms with Gasteiger partial charge in [0.2, 0.25) is 0 Å². The first-order valence-electron chi connectivity index (χ1n) is 8.80. The highest BCUT2D eigenvalue weighted by molar-refractivity contribution is 7.91. The maximum absolute atomic E-state index is 12.5. The summed E-state index contributed by atoms with van der Waals surface area (Å²) in [6.07, 6.45) is 1.28. The first-order valence-corrected chi connectivity index (χ1v) is 11.1. The Morgan fingerprint density at radius 2 is 1.81 bits per heavy atom. The van der Waals surface area contributed by atoms with Gasteiger partial charge in [-0.2, -0.15) is 4.31 Å². The number of Topliss-reactive ketones (excluding diaryl/α,β-unsaturated/α-hetero) is 1. The van der Waals surface area contributed by atoms with Gasteiger partial charge < -0.3 is 4.74 Å². The second-order valence-electron chi connectivity index (χ2n) is 6.33. The van der Waals surface area contributed by atoms with E-state index in [4.69, 9.17) is 4.74 Å². The molecule has 27 heavy (non-hydrogen) atoms. The van der Waals surface area contributed by atoms with Crippen LogP contribution in [0, 0.1) is 5.92 Å². The minimum absolute atomic E-state index is 0.0344. The van der Waals surface area contributed by atoms with E-state index >= 15 is 0 Å². The average Bonchev–Trinajstić information content (AvgIpc) is 3.24. The molecular formula is C19H21NO5S2. The maximum atomic E-state index is 12.5. The lowest BCUT2D eigenvalue weighted by atomic mass is 9.98. The molecule has 0 unspecified atom stereocenters. The zero-order valence-electron chi connectivity index (χ0n) is 15.0. The molecule has 144 valence electrons. The van der Waals surface area contributed by atoms with Crippen LogP contribution in [0.15, 0.2) is 46.0 Å². The van der Waals surface area contributed by atoms with Crippen LogP contribution in [0.2, 0.25) is 0 Å². The molecule has 1 saturated heterocycles. The molecule has 1 fully saturated rings. The second kappa shape index (κ2) is 8.33. The highest BCUT2D eigenvalue weighted by Crippen LogP contribution is 2.27. The standard InChI is InChI=1S/C19H21NO5S2/c1-2-17(21)14-5-7-16(8-6-14)25-19(22)15-9-11-20(12-10-15)27(23,24)18-4-3-13-26-18/h3-8,13,15H,2,9-12H2,1H3. The van der Waals surface area contributed by atoms with Gasteiger partial charge in [-0.15, -0.1) is 11.3 Å². The molecule has 0 aliphatic carbocycles. The number of esters is 1. The lowest BCUT2D eigenvalue weighted by molar-refractivity contribution is -0.140. The van der Waals surface area contributed by atoms with Gasteiger partial charge in [-0.05, 0) is 48.6 Å². The normalized spacial score (nSPS) is 16.2. The Bertz CT molecular complexity index is 896. The second-order valence-corrected chi connectivity index (χ2v) is 9.45. The van der Waals surface area contributed by atoms with Gasteiger partial charge in [0, 0.05) is 25.1 Å². The summed E-state index contributed by atoms with van der Waals surface area (Å²) in [5.74, 6) is -0.275. The van der Waals surface area contributed by atoms with Gasteiger partial charge in [-0.3, -0.25) is 9.59 Å². The molecule has 8 heteroatoms. The monoisotopic (exact) mass is 407 g/mol. The van der Waals surface area contributed by atoms with E-state index in [9.17, 15) is 18.0 Å². The number of rotatable bonds is 6. The summed E-state index contributed by atoms with van der Waals surface area (Å²) in [7, 11) is -3.47. The summed E-state index contributed by atoms with van der Waals surface area (Å²) < 4.78 is 32.2. The first kappa shape index (κ1) is 19.7. The van der Waals surface area contributed by atoms with Gasteiger partial charge in [0.25, 0.3) is 10.0 Å². The van der Waals surface area contributed by atoms with E-state index in [0.29, 0.717) is 47.9 Å². The molecule has 2 aromatic rings. The highest BCUT2D eigenvalue weighted by atomic mass is 32.2. The molecule has 0 radical (unpaired) electrons. The molecule has 1 aliphatic heterocycles. The SMILES string of the molecule is CCC(=O)c1ccc(OC(=O)C2CCN(S(=O)(=O)c3cccs3)CC2)cc1. The third kappa shape index (κ3) is 4.45. The number of nitrogens with zero attached hydrogens (tertiary/aromatic N) is 1. The number of piperidine rings is 1. The summed E-state index contributed by atoms with van der Waals surface area (Å²) in [5, 5.41) is 1.73. The number of benzene rings is 1. The molecule has 0 saturated carbocycles. The number of ether oxygens (including phenoxy) is 1. The Kier molecular flexibility index (Phi) is 6.08. The third-order valence-electron chi connectivity index (χ3n) is 4.59. The Balaban J connectivity index is 1.56. The summed E-state index contributed by atoms with van der Waals surface area (Å²) in [6, 6.07) is 9.80. The van der Waals surface area contributed by atoms with Crippen molar-refractivity contribution in [3.8, 4) is 5.75 Å². The molecule has 0 spiro atoms. The van der Waals surface area contributed by atoms with Crippen molar-refractivity contribution in [1.29, 1.82) is 0 Å². The van der Waals surface area contributed by atoms with Crippen molar-refractivity contribution in [2.45, 2.75) is 30.4 Å². The van der Waals surface area contributed by atoms with Crippen LogP contribution in [0.25, 0.3) is 0 Å². The molecule has 1 aromatic carbocycles. The summed E-state index contributed by atoms with van der Waals surface area (Å²) in [5.41, 5.74) is 0.587. The minimum Gasteiger partial charge on any atom is -0.426 e. The van der Waals surface area contributed by atoms with Crippen LogP contribution in [0.3, 0.4) is 0 Å². The number of ketones is 1. The number of sulfonamides is 1. The van der Waals surface area contributed by atoms with E-state index in [1.807, 2.05) is 0 Å². The molecule has 1 aliphatic rings. The van der Waals surface area contributed by atoms with Crippen molar-refractivity contribution in [2.24, 2.45) is 5.92 Å². The van der Waals surface area contributed by atoms with Crippen LogP contribution < -0.4 is 4.74 Å². The molecule has 0 bridgehead atoms. The van der Waals surface area contributed by atoms with Crippen LogP contribution in [-0.2, 0) is 14.8 Å². The fourth-order valence-electron chi connectivity index (χ4n) is 2.98. The van der Waals surface area contributed by atoms with Crippen molar-refractivity contribution in [2.75, 3.05) is 13.1 Å². The maximum Gasteiger partial charge on any atom is 0.314 e. The fraction of sp³-hybridized carbons (Fsp3) is 0.368. The Morgan fingerprint density at radius 1 is 1.15 bits per heavy atom. The van der Waals surface area contributed by atoms with Gasteiger partial charge >= 0.3 is 5.97 Å². The first-order chi connectivity index (χ1) is 12.9. The largest absolute Gasteiger partial charge is 0.426 e. The van der Waals surface area contributed by atoms with Gasteiger partial charge in [0.05, 0.1) is 5.92 Å². The predicted octanol–water partition coefficient (Wildman–Crippen LogP) is 3.35. The third-order valence-corrected chi connectivity index (χ3v) is 7.86. The minimum atomic E-state index is -3.47. The Labute approximate surface area is 162 Å². The Morgan fingerprint density at radius 3 is 2.37 bits per heavy atom. The van der Waals surface area contributed by atoms with E-state index in [-0.39, 0.29) is 17.7 Å². The van der Waals surface area contributed by atoms with Crippen molar-refractivity contribution < 1.29 is 22.7 Å². The highest BCUT2D eigenvalue weighted by Gasteiger charge is 2.33. The van der Waals surface area contributed by atoms with E-state index in [1.165, 1.54) is 15.6 Å². The van der Waals surface area contributed by atoms with E-state index < -0.39 is 10.0 Å². The van der Waals surface area contributed by atoms with Crippen molar-refractivity contribution in [3.05, 3.63) is 47.3 Å². The van der Waals surface area contributed by atoms with Crippen LogP contribution in [0.1, 0.15) is 36.5 Å². The lowest BCUT2D eigenvalue weighted by Gasteiger charge is -2.29. The number of hydrogen-bond donors (Lipinski definition) is 0. The predicted molar refractivity (Wildman–Crippen MR) is 103 cm³/mol. The summed E-state index contributed by atoms with van der Waals surface area (Å²) in [6.45, 7) is 2.38.